The molecule has 5 nitrogen and oxygen atoms in total. The van der Waals surface area contributed by atoms with E-state index >= 15 is 0 Å². The van der Waals surface area contributed by atoms with E-state index in [1.54, 1.807) is 31.3 Å². The highest BCUT2D eigenvalue weighted by atomic mass is 19.4. The van der Waals surface area contributed by atoms with Crippen molar-refractivity contribution in [1.82, 2.24) is 9.97 Å². The van der Waals surface area contributed by atoms with E-state index in [9.17, 15) is 13.2 Å². The molecule has 0 amide bonds. The number of hydrogen-bond acceptors (Lipinski definition) is 5. The van der Waals surface area contributed by atoms with Crippen molar-refractivity contribution >= 4 is 11.5 Å². The first-order chi connectivity index (χ1) is 14.9. The van der Waals surface area contributed by atoms with Gasteiger partial charge in [-0.2, -0.15) is 18.2 Å². The van der Waals surface area contributed by atoms with Crippen LogP contribution in [0, 0.1) is 0 Å². The van der Waals surface area contributed by atoms with Crippen LogP contribution in [0.1, 0.15) is 64.4 Å². The molecule has 0 bridgehead atoms. The summed E-state index contributed by atoms with van der Waals surface area (Å²) < 4.78 is 51.8. The Hall–Kier alpha value is -2.51. The smallest absolute Gasteiger partial charge is 0.421 e. The number of rotatable bonds is 13. The van der Waals surface area contributed by atoms with Gasteiger partial charge in [-0.1, -0.05) is 46.0 Å². The Labute approximate surface area is 182 Å². The lowest BCUT2D eigenvalue weighted by atomic mass is 10.2. The summed E-state index contributed by atoms with van der Waals surface area (Å²) in [5.74, 6) is 0.436. The van der Waals surface area contributed by atoms with Gasteiger partial charge in [0.05, 0.1) is 13.2 Å². The maximum absolute atomic E-state index is 13.5. The van der Waals surface area contributed by atoms with Gasteiger partial charge in [-0.05, 0) is 37.1 Å². The number of ether oxygens (including phenoxy) is 2. The van der Waals surface area contributed by atoms with E-state index in [4.69, 9.17) is 9.47 Å². The molecule has 0 radical (unpaired) electrons. The Morgan fingerprint density at radius 1 is 0.871 bits per heavy atom. The van der Waals surface area contributed by atoms with Crippen LogP contribution in [0.25, 0.3) is 0 Å². The molecule has 0 fully saturated rings. The second-order valence-corrected chi connectivity index (χ2v) is 7.41. The van der Waals surface area contributed by atoms with Crippen molar-refractivity contribution in [3.05, 3.63) is 36.0 Å². The summed E-state index contributed by atoms with van der Waals surface area (Å²) in [7, 11) is 1.54. The zero-order chi connectivity index (χ0) is 22.7. The number of nitrogens with zero attached hydrogens (tertiary/aromatic N) is 3. The molecule has 8 heteroatoms. The SMILES string of the molecule is CCCCCCOc1ncc(C(F)(F)F)c(N(C)c2ccc(OCCCCC)cc2)n1. The highest BCUT2D eigenvalue weighted by Gasteiger charge is 2.36. The normalized spacial score (nSPS) is 11.4. The fourth-order valence-electron chi connectivity index (χ4n) is 3.01. The van der Waals surface area contributed by atoms with Crippen LogP contribution >= 0.6 is 0 Å². The van der Waals surface area contributed by atoms with Gasteiger partial charge in [-0.25, -0.2) is 4.98 Å². The van der Waals surface area contributed by atoms with Crippen molar-refractivity contribution in [3.8, 4) is 11.8 Å². The lowest BCUT2D eigenvalue weighted by molar-refractivity contribution is -0.137. The molecule has 172 valence electrons. The lowest BCUT2D eigenvalue weighted by Crippen LogP contribution is -2.19. The Bertz CT molecular complexity index is 783. The molecule has 0 aliphatic carbocycles. The quantitative estimate of drug-likeness (QED) is 0.322. The third kappa shape index (κ3) is 7.92. The number of aromatic nitrogens is 2. The average Bonchev–Trinajstić information content (AvgIpc) is 2.76. The fraction of sp³-hybridized carbons (Fsp3) is 0.565. The predicted molar refractivity (Wildman–Crippen MR) is 116 cm³/mol. The largest absolute Gasteiger partial charge is 0.494 e. The minimum Gasteiger partial charge on any atom is -0.494 e. The van der Waals surface area contributed by atoms with Crippen LogP contribution in [0.15, 0.2) is 30.5 Å². The Balaban J connectivity index is 2.14. The average molecular weight is 440 g/mol. The third-order valence-electron chi connectivity index (χ3n) is 4.84. The molecule has 1 aromatic carbocycles. The topological polar surface area (TPSA) is 47.5 Å². The first-order valence-corrected chi connectivity index (χ1v) is 10.9. The van der Waals surface area contributed by atoms with Crippen LogP contribution in [0.3, 0.4) is 0 Å². The number of anilines is 2. The molecule has 0 unspecified atom stereocenters. The van der Waals surface area contributed by atoms with Gasteiger partial charge < -0.3 is 14.4 Å². The zero-order valence-electron chi connectivity index (χ0n) is 18.5. The molecule has 0 aliphatic rings. The Morgan fingerprint density at radius 2 is 1.48 bits per heavy atom. The summed E-state index contributed by atoms with van der Waals surface area (Å²) in [5.41, 5.74) is -0.354. The van der Waals surface area contributed by atoms with Crippen LogP contribution in [0.4, 0.5) is 24.7 Å². The van der Waals surface area contributed by atoms with E-state index in [1.165, 1.54) is 4.90 Å². The molecule has 0 atom stereocenters. The molecule has 2 rings (SSSR count). The molecule has 0 saturated carbocycles. The van der Waals surface area contributed by atoms with Crippen molar-refractivity contribution < 1.29 is 22.6 Å². The molecule has 0 aliphatic heterocycles. The van der Waals surface area contributed by atoms with Gasteiger partial charge >= 0.3 is 12.2 Å². The van der Waals surface area contributed by atoms with Crippen molar-refractivity contribution in [2.24, 2.45) is 0 Å². The van der Waals surface area contributed by atoms with E-state index < -0.39 is 11.7 Å². The van der Waals surface area contributed by atoms with Crippen LogP contribution < -0.4 is 14.4 Å². The van der Waals surface area contributed by atoms with Gasteiger partial charge in [-0.3, -0.25) is 0 Å². The Morgan fingerprint density at radius 3 is 2.13 bits per heavy atom. The van der Waals surface area contributed by atoms with E-state index in [2.05, 4.69) is 23.8 Å². The van der Waals surface area contributed by atoms with Gasteiger partial charge in [0, 0.05) is 18.9 Å². The van der Waals surface area contributed by atoms with Crippen LogP contribution in [0.5, 0.6) is 11.8 Å². The summed E-state index contributed by atoms with van der Waals surface area (Å²) >= 11 is 0. The highest BCUT2D eigenvalue weighted by Crippen LogP contribution is 2.38. The van der Waals surface area contributed by atoms with Crippen LogP contribution in [-0.2, 0) is 6.18 Å². The second kappa shape index (κ2) is 12.4. The minimum atomic E-state index is -4.58. The fourth-order valence-corrected chi connectivity index (χ4v) is 3.01. The van der Waals surface area contributed by atoms with E-state index in [0.29, 0.717) is 24.7 Å². The summed E-state index contributed by atoms with van der Waals surface area (Å²) in [6.45, 7) is 5.22. The molecule has 1 heterocycles. The highest BCUT2D eigenvalue weighted by molar-refractivity contribution is 5.63. The predicted octanol–water partition coefficient (Wildman–Crippen LogP) is 6.79. The van der Waals surface area contributed by atoms with Crippen LogP contribution in [0.2, 0.25) is 0 Å². The summed E-state index contributed by atoms with van der Waals surface area (Å²) in [6.07, 6.45) is 3.36. The first-order valence-electron chi connectivity index (χ1n) is 10.9. The Kier molecular flexibility index (Phi) is 9.88. The van der Waals surface area contributed by atoms with Gasteiger partial charge in [0.25, 0.3) is 0 Å². The van der Waals surface area contributed by atoms with Gasteiger partial charge in [0.2, 0.25) is 0 Å². The maximum atomic E-state index is 13.5. The number of unbranched alkanes of at least 4 members (excludes halogenated alkanes) is 5. The molecular weight excluding hydrogens is 407 g/mol. The molecule has 31 heavy (non-hydrogen) atoms. The molecular formula is C23H32F3N3O2. The lowest BCUT2D eigenvalue weighted by Gasteiger charge is -2.23. The van der Waals surface area contributed by atoms with E-state index in [0.717, 1.165) is 51.1 Å². The van der Waals surface area contributed by atoms with E-state index in [1.807, 2.05) is 0 Å². The van der Waals surface area contributed by atoms with Gasteiger partial charge in [0.1, 0.15) is 11.3 Å². The van der Waals surface area contributed by atoms with E-state index in [-0.39, 0.29) is 11.8 Å². The monoisotopic (exact) mass is 439 g/mol. The van der Waals surface area contributed by atoms with Crippen molar-refractivity contribution in [2.75, 3.05) is 25.2 Å². The molecule has 0 saturated heterocycles. The number of alkyl halides is 3. The summed E-state index contributed by atoms with van der Waals surface area (Å²) in [6, 6.07) is 6.86. The number of hydrogen-bond donors (Lipinski definition) is 0. The minimum absolute atomic E-state index is 0.0535. The van der Waals surface area contributed by atoms with Crippen molar-refractivity contribution in [2.45, 2.75) is 65.0 Å². The maximum Gasteiger partial charge on any atom is 0.421 e. The molecule has 1 aromatic heterocycles. The first kappa shape index (κ1) is 24.8. The third-order valence-corrected chi connectivity index (χ3v) is 4.84. The van der Waals surface area contributed by atoms with Gasteiger partial charge in [0.15, 0.2) is 5.82 Å². The van der Waals surface area contributed by atoms with Crippen molar-refractivity contribution in [1.29, 1.82) is 0 Å². The number of halogens is 3. The second-order valence-electron chi connectivity index (χ2n) is 7.41. The summed E-state index contributed by atoms with van der Waals surface area (Å²) in [4.78, 5) is 9.21. The zero-order valence-corrected chi connectivity index (χ0v) is 18.5. The van der Waals surface area contributed by atoms with Crippen LogP contribution in [-0.4, -0.2) is 30.2 Å². The number of benzene rings is 1. The standard InChI is InChI=1S/C23H32F3N3O2/c1-4-6-8-10-16-31-22-27-17-20(23(24,25)26)21(28-22)29(3)18-11-13-19(14-12-18)30-15-9-7-5-2/h11-14,17H,4-10,15-16H2,1-3H3. The van der Waals surface area contributed by atoms with Crippen molar-refractivity contribution in [3.63, 3.8) is 0 Å². The molecule has 2 aromatic rings. The summed E-state index contributed by atoms with van der Waals surface area (Å²) in [5, 5.41) is 0. The molecule has 0 spiro atoms. The van der Waals surface area contributed by atoms with Gasteiger partial charge in [-0.15, -0.1) is 0 Å². The molecule has 0 N–H and O–H groups in total.